The van der Waals surface area contributed by atoms with Gasteiger partial charge in [-0.05, 0) is 43.3 Å². The van der Waals surface area contributed by atoms with Gasteiger partial charge in [-0.25, -0.2) is 4.79 Å². The summed E-state index contributed by atoms with van der Waals surface area (Å²) in [6.07, 6.45) is 0. The van der Waals surface area contributed by atoms with E-state index in [0.29, 0.717) is 43.4 Å². The number of nitrogens with zero attached hydrogens (tertiary/aromatic N) is 5. The number of imidazole rings is 1. The van der Waals surface area contributed by atoms with Crippen molar-refractivity contribution in [3.8, 4) is 11.5 Å². The highest BCUT2D eigenvalue weighted by Crippen LogP contribution is 2.33. The van der Waals surface area contributed by atoms with Crippen molar-refractivity contribution in [1.82, 2.24) is 18.7 Å². The molecule has 1 aliphatic heterocycles. The zero-order valence-corrected chi connectivity index (χ0v) is 18.6. The number of aryl methyl sites for hydroxylation is 1. The predicted octanol–water partition coefficient (Wildman–Crippen LogP) is 2.88. The lowest BCUT2D eigenvalue weighted by Crippen LogP contribution is -2.40. The zero-order valence-electron chi connectivity index (χ0n) is 18.6. The number of ether oxygens (including phenoxy) is 2. The van der Waals surface area contributed by atoms with Crippen LogP contribution in [-0.4, -0.2) is 38.4 Å². The first-order valence-corrected chi connectivity index (χ1v) is 11.0. The molecule has 0 amide bonds. The number of para-hydroxylation sites is 1. The number of aromatic nitrogens is 4. The Balaban J connectivity index is 1.48. The zero-order chi connectivity index (χ0) is 22.9. The van der Waals surface area contributed by atoms with Gasteiger partial charge in [0.25, 0.3) is 5.56 Å². The van der Waals surface area contributed by atoms with E-state index in [2.05, 4.69) is 4.98 Å². The minimum Gasteiger partial charge on any atom is -0.457 e. The molecule has 4 aromatic rings. The average Bonchev–Trinajstić information content (AvgIpc) is 3.41. The van der Waals surface area contributed by atoms with E-state index in [9.17, 15) is 9.59 Å². The van der Waals surface area contributed by atoms with Gasteiger partial charge >= 0.3 is 5.69 Å². The van der Waals surface area contributed by atoms with Gasteiger partial charge in [0.15, 0.2) is 11.2 Å². The Hall–Kier alpha value is -3.85. The first-order valence-electron chi connectivity index (χ1n) is 11.0. The lowest BCUT2D eigenvalue weighted by atomic mass is 10.2. The van der Waals surface area contributed by atoms with Crippen LogP contribution in [0.15, 0.2) is 64.2 Å². The fourth-order valence-electron chi connectivity index (χ4n) is 4.14. The second-order valence-corrected chi connectivity index (χ2v) is 7.79. The fraction of sp³-hybridized carbons (Fsp3) is 0.292. The van der Waals surface area contributed by atoms with Crippen molar-refractivity contribution in [2.24, 2.45) is 7.05 Å². The van der Waals surface area contributed by atoms with Gasteiger partial charge in [-0.15, -0.1) is 0 Å². The number of hydrogen-bond donors (Lipinski definition) is 0. The molecule has 0 saturated carbocycles. The highest BCUT2D eigenvalue weighted by molar-refractivity contribution is 5.77. The maximum Gasteiger partial charge on any atom is 0.332 e. The molecule has 5 rings (SSSR count). The van der Waals surface area contributed by atoms with Crippen molar-refractivity contribution in [3.05, 3.63) is 75.4 Å². The van der Waals surface area contributed by atoms with Crippen LogP contribution in [0, 0.1) is 0 Å². The summed E-state index contributed by atoms with van der Waals surface area (Å²) in [6.45, 7) is 4.21. The Morgan fingerprint density at radius 1 is 0.970 bits per heavy atom. The number of benzene rings is 2. The van der Waals surface area contributed by atoms with Crippen molar-refractivity contribution < 1.29 is 9.47 Å². The monoisotopic (exact) mass is 447 g/mol. The normalized spacial score (nSPS) is 13.0. The lowest BCUT2D eigenvalue weighted by molar-refractivity contribution is 0.137. The molecule has 0 radical (unpaired) electrons. The predicted molar refractivity (Wildman–Crippen MR) is 126 cm³/mol. The van der Waals surface area contributed by atoms with Crippen LogP contribution in [0.25, 0.3) is 11.2 Å². The lowest BCUT2D eigenvalue weighted by Gasteiger charge is -2.16. The van der Waals surface area contributed by atoms with Crippen LogP contribution in [0.4, 0.5) is 11.6 Å². The van der Waals surface area contributed by atoms with Gasteiger partial charge in [0.2, 0.25) is 5.95 Å². The smallest absolute Gasteiger partial charge is 0.332 e. The van der Waals surface area contributed by atoms with E-state index in [1.165, 1.54) is 9.13 Å². The van der Waals surface area contributed by atoms with Gasteiger partial charge in [0.1, 0.15) is 11.5 Å². The molecular weight excluding hydrogens is 422 g/mol. The van der Waals surface area contributed by atoms with Crippen molar-refractivity contribution in [3.63, 3.8) is 0 Å². The maximum atomic E-state index is 13.2. The van der Waals surface area contributed by atoms with Crippen molar-refractivity contribution in [2.75, 3.05) is 24.7 Å². The molecule has 1 aliphatic rings. The standard InChI is InChI=1S/C24H25N5O4/c1-3-32-16-15-29-22(30)20-21(26(2)24(29)31)25-23-27(13-14-28(20)23)17-9-11-19(12-10-17)33-18-7-5-4-6-8-18/h4-12H,3,13-16H2,1-2H3. The number of hydrogen-bond acceptors (Lipinski definition) is 6. The fourth-order valence-corrected chi connectivity index (χ4v) is 4.14. The van der Waals surface area contributed by atoms with Gasteiger partial charge in [0.05, 0.1) is 13.2 Å². The van der Waals surface area contributed by atoms with E-state index in [1.807, 2.05) is 71.0 Å². The molecule has 0 bridgehead atoms. The van der Waals surface area contributed by atoms with Gasteiger partial charge in [-0.1, -0.05) is 18.2 Å². The summed E-state index contributed by atoms with van der Waals surface area (Å²) in [4.78, 5) is 32.7. The molecular formula is C24H25N5O4. The van der Waals surface area contributed by atoms with Crippen molar-refractivity contribution in [2.45, 2.75) is 20.0 Å². The Bertz CT molecular complexity index is 1400. The Kier molecular flexibility index (Phi) is 5.47. The molecule has 0 unspecified atom stereocenters. The van der Waals surface area contributed by atoms with Gasteiger partial charge < -0.3 is 18.9 Å². The van der Waals surface area contributed by atoms with Crippen molar-refractivity contribution >= 4 is 22.8 Å². The summed E-state index contributed by atoms with van der Waals surface area (Å²) >= 11 is 0. The molecule has 9 heteroatoms. The number of rotatable bonds is 7. The van der Waals surface area contributed by atoms with Crippen LogP contribution in [0.2, 0.25) is 0 Å². The second kappa shape index (κ2) is 8.59. The van der Waals surface area contributed by atoms with E-state index in [-0.39, 0.29) is 12.1 Å². The molecule has 9 nitrogen and oxygen atoms in total. The van der Waals surface area contributed by atoms with E-state index in [0.717, 1.165) is 17.2 Å². The topological polar surface area (TPSA) is 83.5 Å². The molecule has 33 heavy (non-hydrogen) atoms. The SMILES string of the molecule is CCOCCn1c(=O)c2c(nc3n2CCN3c2ccc(Oc3ccccc3)cc2)n(C)c1=O. The molecule has 2 aromatic heterocycles. The third kappa shape index (κ3) is 3.70. The van der Waals surface area contributed by atoms with Crippen LogP contribution < -0.4 is 20.9 Å². The van der Waals surface area contributed by atoms with Crippen molar-refractivity contribution in [1.29, 1.82) is 0 Å². The van der Waals surface area contributed by atoms with Crippen LogP contribution in [-0.2, 0) is 24.9 Å². The first kappa shape index (κ1) is 21.0. The molecule has 2 aromatic carbocycles. The van der Waals surface area contributed by atoms with Crippen LogP contribution in [0.5, 0.6) is 11.5 Å². The summed E-state index contributed by atoms with van der Waals surface area (Å²) in [5.74, 6) is 2.16. The summed E-state index contributed by atoms with van der Waals surface area (Å²) in [7, 11) is 1.64. The minimum absolute atomic E-state index is 0.211. The molecule has 0 atom stereocenters. The Morgan fingerprint density at radius 3 is 2.42 bits per heavy atom. The number of fused-ring (bicyclic) bond motifs is 3. The summed E-state index contributed by atoms with van der Waals surface area (Å²) in [5.41, 5.74) is 1.04. The average molecular weight is 447 g/mol. The largest absolute Gasteiger partial charge is 0.457 e. The molecule has 170 valence electrons. The summed E-state index contributed by atoms with van der Waals surface area (Å²) in [5, 5.41) is 0. The number of anilines is 2. The van der Waals surface area contributed by atoms with E-state index in [4.69, 9.17) is 9.47 Å². The van der Waals surface area contributed by atoms with E-state index < -0.39 is 5.69 Å². The molecule has 0 N–H and O–H groups in total. The molecule has 0 spiro atoms. The molecule has 3 heterocycles. The maximum absolute atomic E-state index is 13.2. The molecule has 0 saturated heterocycles. The highest BCUT2D eigenvalue weighted by atomic mass is 16.5. The molecule has 0 aliphatic carbocycles. The minimum atomic E-state index is -0.391. The van der Waals surface area contributed by atoms with Gasteiger partial charge in [-0.3, -0.25) is 13.9 Å². The molecule has 0 fully saturated rings. The van der Waals surface area contributed by atoms with Crippen LogP contribution in [0.3, 0.4) is 0 Å². The van der Waals surface area contributed by atoms with E-state index in [1.54, 1.807) is 7.05 Å². The van der Waals surface area contributed by atoms with Gasteiger partial charge in [-0.2, -0.15) is 4.98 Å². The summed E-state index contributed by atoms with van der Waals surface area (Å²) < 4.78 is 15.8. The second-order valence-electron chi connectivity index (χ2n) is 7.79. The van der Waals surface area contributed by atoms with E-state index >= 15 is 0 Å². The Labute approximate surface area is 190 Å². The van der Waals surface area contributed by atoms with Gasteiger partial charge in [0, 0.05) is 32.4 Å². The third-order valence-corrected chi connectivity index (χ3v) is 5.79. The first-order chi connectivity index (χ1) is 16.1. The highest BCUT2D eigenvalue weighted by Gasteiger charge is 2.28. The third-order valence-electron chi connectivity index (χ3n) is 5.79. The van der Waals surface area contributed by atoms with Crippen LogP contribution >= 0.6 is 0 Å². The van der Waals surface area contributed by atoms with Crippen LogP contribution in [0.1, 0.15) is 6.92 Å². The summed E-state index contributed by atoms with van der Waals surface area (Å²) in [6, 6.07) is 17.4. The quantitative estimate of drug-likeness (QED) is 0.405. The Morgan fingerprint density at radius 2 is 1.70 bits per heavy atom.